The van der Waals surface area contributed by atoms with Crippen molar-refractivity contribution >= 4 is 39.3 Å². The molecule has 5 nitrogen and oxygen atoms in total. The number of carbonyl (C=O) groups excluding carboxylic acids is 1. The molecule has 1 heterocycles. The summed E-state index contributed by atoms with van der Waals surface area (Å²) in [5.74, 6) is -0.420. The summed E-state index contributed by atoms with van der Waals surface area (Å²) in [6.45, 7) is 3.12. The van der Waals surface area contributed by atoms with Crippen molar-refractivity contribution in [1.82, 2.24) is 10.6 Å². The molecule has 0 aliphatic heterocycles. The van der Waals surface area contributed by atoms with E-state index in [0.717, 1.165) is 22.2 Å². The molecule has 2 amide bonds. The van der Waals surface area contributed by atoms with Gasteiger partial charge in [-0.15, -0.1) is 11.3 Å². The predicted molar refractivity (Wildman–Crippen MR) is 87.5 cm³/mol. The highest BCUT2D eigenvalue weighted by Gasteiger charge is 2.09. The van der Waals surface area contributed by atoms with Crippen LogP contribution in [0.5, 0.6) is 0 Å². The van der Waals surface area contributed by atoms with E-state index in [0.29, 0.717) is 25.4 Å². The zero-order chi connectivity index (χ0) is 15.7. The second kappa shape index (κ2) is 9.78. The third-order valence-electron chi connectivity index (χ3n) is 3.23. The number of halogens is 1. The monoisotopic (exact) mass is 376 g/mol. The molecule has 0 saturated heterocycles. The molecule has 0 bridgehead atoms. The zero-order valence-electron chi connectivity index (χ0n) is 12.0. The summed E-state index contributed by atoms with van der Waals surface area (Å²) in [6, 6.07) is 1.79. The fourth-order valence-electron chi connectivity index (χ4n) is 1.95. The van der Waals surface area contributed by atoms with Gasteiger partial charge < -0.3 is 15.7 Å². The zero-order valence-corrected chi connectivity index (χ0v) is 14.4. The number of rotatable bonds is 9. The largest absolute Gasteiger partial charge is 0.481 e. The van der Waals surface area contributed by atoms with Crippen LogP contribution < -0.4 is 10.6 Å². The molecule has 1 atom stereocenters. The first kappa shape index (κ1) is 18.0. The van der Waals surface area contributed by atoms with E-state index in [1.165, 1.54) is 0 Å². The maximum absolute atomic E-state index is 11.6. The van der Waals surface area contributed by atoms with Crippen molar-refractivity contribution in [2.75, 3.05) is 6.54 Å². The minimum atomic E-state index is -0.763. The summed E-state index contributed by atoms with van der Waals surface area (Å²) in [5, 5.41) is 16.3. The number of hydrogen-bond acceptors (Lipinski definition) is 3. The number of carboxylic acids is 1. The average molecular weight is 377 g/mol. The van der Waals surface area contributed by atoms with Crippen molar-refractivity contribution in [1.29, 1.82) is 0 Å². The molecule has 1 aromatic rings. The van der Waals surface area contributed by atoms with Gasteiger partial charge in [0.25, 0.3) is 0 Å². The van der Waals surface area contributed by atoms with Crippen LogP contribution in [-0.4, -0.2) is 23.7 Å². The van der Waals surface area contributed by atoms with Crippen LogP contribution in [0.15, 0.2) is 15.9 Å². The van der Waals surface area contributed by atoms with Gasteiger partial charge in [0.2, 0.25) is 0 Å². The highest BCUT2D eigenvalue weighted by atomic mass is 79.9. The van der Waals surface area contributed by atoms with Crippen LogP contribution in [0.2, 0.25) is 0 Å². The SMILES string of the molecule is CCC(CCNC(=O)NCc1cc(Br)cs1)CCC(=O)O. The Hall–Kier alpha value is -1.08. The van der Waals surface area contributed by atoms with Crippen molar-refractivity contribution in [3.05, 3.63) is 20.8 Å². The predicted octanol–water partition coefficient (Wildman–Crippen LogP) is 3.59. The lowest BCUT2D eigenvalue weighted by Gasteiger charge is -2.14. The van der Waals surface area contributed by atoms with E-state index in [1.807, 2.05) is 18.4 Å². The molecule has 1 aromatic heterocycles. The van der Waals surface area contributed by atoms with Gasteiger partial charge in [-0.25, -0.2) is 4.79 Å². The fourth-order valence-corrected chi connectivity index (χ4v) is 3.34. The normalized spacial score (nSPS) is 11.9. The molecule has 3 N–H and O–H groups in total. The first-order valence-electron chi connectivity index (χ1n) is 6.97. The van der Waals surface area contributed by atoms with Crippen molar-refractivity contribution < 1.29 is 14.7 Å². The molecule has 0 aromatic carbocycles. The minimum Gasteiger partial charge on any atom is -0.481 e. The number of nitrogens with one attached hydrogen (secondary N) is 2. The molecule has 0 saturated carbocycles. The lowest BCUT2D eigenvalue weighted by atomic mass is 9.97. The summed E-state index contributed by atoms with van der Waals surface area (Å²) >= 11 is 4.96. The molecular formula is C14H21BrN2O3S. The number of carboxylic acid groups (broad SMARTS) is 1. The van der Waals surface area contributed by atoms with Gasteiger partial charge in [0.05, 0.1) is 6.54 Å². The molecule has 118 valence electrons. The van der Waals surface area contributed by atoms with E-state index < -0.39 is 5.97 Å². The minimum absolute atomic E-state index is 0.187. The van der Waals surface area contributed by atoms with Gasteiger partial charge in [-0.1, -0.05) is 13.3 Å². The van der Waals surface area contributed by atoms with Gasteiger partial charge in [-0.2, -0.15) is 0 Å². The highest BCUT2D eigenvalue weighted by molar-refractivity contribution is 9.10. The van der Waals surface area contributed by atoms with Crippen LogP contribution >= 0.6 is 27.3 Å². The highest BCUT2D eigenvalue weighted by Crippen LogP contribution is 2.19. The Kier molecular flexibility index (Phi) is 8.37. The third kappa shape index (κ3) is 8.06. The maximum atomic E-state index is 11.6. The summed E-state index contributed by atoms with van der Waals surface area (Å²) in [4.78, 5) is 23.3. The molecule has 0 spiro atoms. The van der Waals surface area contributed by atoms with E-state index in [-0.39, 0.29) is 12.5 Å². The summed E-state index contributed by atoms with van der Waals surface area (Å²) in [5.41, 5.74) is 0. The maximum Gasteiger partial charge on any atom is 0.315 e. The van der Waals surface area contributed by atoms with Crippen molar-refractivity contribution in [2.45, 2.75) is 39.2 Å². The van der Waals surface area contributed by atoms with E-state index in [1.54, 1.807) is 11.3 Å². The number of thiophene rings is 1. The number of hydrogen-bond donors (Lipinski definition) is 3. The molecular weight excluding hydrogens is 356 g/mol. The number of aliphatic carboxylic acids is 1. The molecule has 0 radical (unpaired) electrons. The van der Waals surface area contributed by atoms with E-state index in [2.05, 4.69) is 26.6 Å². The topological polar surface area (TPSA) is 78.4 Å². The molecule has 7 heteroatoms. The molecule has 0 fully saturated rings. The standard InChI is InChI=1S/C14H21BrN2O3S/c1-2-10(3-4-13(18)19)5-6-16-14(20)17-8-12-7-11(15)9-21-12/h7,9-10H,2-6,8H2,1H3,(H,18,19)(H2,16,17,20). The van der Waals surface area contributed by atoms with Gasteiger partial charge in [0.15, 0.2) is 0 Å². The van der Waals surface area contributed by atoms with Crippen LogP contribution in [-0.2, 0) is 11.3 Å². The Morgan fingerprint density at radius 3 is 2.71 bits per heavy atom. The second-order valence-corrected chi connectivity index (χ2v) is 6.75. The lowest BCUT2D eigenvalue weighted by molar-refractivity contribution is -0.137. The number of urea groups is 1. The van der Waals surface area contributed by atoms with Gasteiger partial charge in [-0.05, 0) is 40.8 Å². The van der Waals surface area contributed by atoms with Gasteiger partial charge >= 0.3 is 12.0 Å². The first-order chi connectivity index (χ1) is 10.0. The lowest BCUT2D eigenvalue weighted by Crippen LogP contribution is -2.36. The van der Waals surface area contributed by atoms with Crippen LogP contribution in [0.4, 0.5) is 4.79 Å². The third-order valence-corrected chi connectivity index (χ3v) is 4.92. The van der Waals surface area contributed by atoms with Gasteiger partial charge in [-0.3, -0.25) is 4.79 Å². The molecule has 0 aliphatic carbocycles. The molecule has 1 rings (SSSR count). The molecule has 0 aliphatic rings. The van der Waals surface area contributed by atoms with Crippen molar-refractivity contribution in [3.63, 3.8) is 0 Å². The molecule has 1 unspecified atom stereocenters. The van der Waals surface area contributed by atoms with E-state index in [9.17, 15) is 9.59 Å². The van der Waals surface area contributed by atoms with Crippen molar-refractivity contribution in [3.8, 4) is 0 Å². The first-order valence-corrected chi connectivity index (χ1v) is 8.65. The smallest absolute Gasteiger partial charge is 0.315 e. The molecule has 21 heavy (non-hydrogen) atoms. The van der Waals surface area contributed by atoms with E-state index in [4.69, 9.17) is 5.11 Å². The average Bonchev–Trinajstić information content (AvgIpc) is 2.86. The summed E-state index contributed by atoms with van der Waals surface area (Å²) < 4.78 is 1.02. The summed E-state index contributed by atoms with van der Waals surface area (Å²) in [6.07, 6.45) is 2.60. The van der Waals surface area contributed by atoms with Gasteiger partial charge in [0.1, 0.15) is 0 Å². The Labute approximate surface area is 137 Å². The number of carbonyl (C=O) groups is 2. The van der Waals surface area contributed by atoms with Crippen LogP contribution in [0.3, 0.4) is 0 Å². The Morgan fingerprint density at radius 2 is 2.14 bits per heavy atom. The van der Waals surface area contributed by atoms with Crippen LogP contribution in [0.25, 0.3) is 0 Å². The Morgan fingerprint density at radius 1 is 1.38 bits per heavy atom. The van der Waals surface area contributed by atoms with Gasteiger partial charge in [0, 0.05) is 27.7 Å². The Bertz CT molecular complexity index is 465. The summed E-state index contributed by atoms with van der Waals surface area (Å²) in [7, 11) is 0. The second-order valence-electron chi connectivity index (χ2n) is 4.84. The quantitative estimate of drug-likeness (QED) is 0.615. The van der Waals surface area contributed by atoms with Crippen molar-refractivity contribution in [2.24, 2.45) is 5.92 Å². The Balaban J connectivity index is 2.15. The van der Waals surface area contributed by atoms with Crippen LogP contribution in [0.1, 0.15) is 37.5 Å². The van der Waals surface area contributed by atoms with Crippen LogP contribution in [0, 0.1) is 5.92 Å². The van der Waals surface area contributed by atoms with E-state index >= 15 is 0 Å². The number of amides is 2. The fraction of sp³-hybridized carbons (Fsp3) is 0.571.